The molecular formula is C14H21NS. The number of rotatable bonds is 2. The molecule has 1 aliphatic rings. The van der Waals surface area contributed by atoms with E-state index in [2.05, 4.69) is 43.8 Å². The van der Waals surface area contributed by atoms with Crippen LogP contribution in [0.25, 0.3) is 0 Å². The Bertz CT molecular complexity index is 354. The third kappa shape index (κ3) is 3.02. The quantitative estimate of drug-likeness (QED) is 0.846. The third-order valence-corrected chi connectivity index (χ3v) is 4.85. The van der Waals surface area contributed by atoms with Gasteiger partial charge in [0.2, 0.25) is 0 Å². The molecule has 1 saturated carbocycles. The van der Waals surface area contributed by atoms with E-state index in [9.17, 15) is 0 Å². The highest BCUT2D eigenvalue weighted by Gasteiger charge is 2.19. The van der Waals surface area contributed by atoms with Crippen LogP contribution in [0.15, 0.2) is 23.1 Å². The molecule has 2 rings (SSSR count). The molecule has 1 aromatic rings. The second-order valence-corrected chi connectivity index (χ2v) is 6.27. The van der Waals surface area contributed by atoms with Gasteiger partial charge in [0, 0.05) is 16.2 Å². The van der Waals surface area contributed by atoms with Gasteiger partial charge in [-0.1, -0.05) is 17.7 Å². The van der Waals surface area contributed by atoms with Crippen LogP contribution in [0.3, 0.4) is 0 Å². The summed E-state index contributed by atoms with van der Waals surface area (Å²) in [5.41, 5.74) is 8.70. The average molecular weight is 235 g/mol. The molecule has 0 bridgehead atoms. The van der Waals surface area contributed by atoms with Crippen molar-refractivity contribution in [3.05, 3.63) is 29.3 Å². The minimum Gasteiger partial charge on any atom is -0.328 e. The van der Waals surface area contributed by atoms with Gasteiger partial charge in [0.1, 0.15) is 0 Å². The van der Waals surface area contributed by atoms with E-state index in [0.717, 1.165) is 5.25 Å². The fourth-order valence-electron chi connectivity index (χ4n) is 2.22. The molecule has 0 spiro atoms. The zero-order valence-corrected chi connectivity index (χ0v) is 11.0. The molecule has 2 heteroatoms. The van der Waals surface area contributed by atoms with Gasteiger partial charge < -0.3 is 5.73 Å². The summed E-state index contributed by atoms with van der Waals surface area (Å²) in [6, 6.07) is 7.19. The number of hydrogen-bond donors (Lipinski definition) is 1. The van der Waals surface area contributed by atoms with Crippen molar-refractivity contribution in [2.75, 3.05) is 0 Å². The minimum absolute atomic E-state index is 0.454. The van der Waals surface area contributed by atoms with Crippen molar-refractivity contribution < 1.29 is 0 Å². The van der Waals surface area contributed by atoms with Gasteiger partial charge in [-0.15, -0.1) is 11.8 Å². The highest BCUT2D eigenvalue weighted by Crippen LogP contribution is 2.35. The highest BCUT2D eigenvalue weighted by molar-refractivity contribution is 8.00. The summed E-state index contributed by atoms with van der Waals surface area (Å²) in [5, 5.41) is 0.778. The zero-order chi connectivity index (χ0) is 11.5. The van der Waals surface area contributed by atoms with Crippen LogP contribution < -0.4 is 5.73 Å². The summed E-state index contributed by atoms with van der Waals surface area (Å²) in [6.45, 7) is 4.37. The van der Waals surface area contributed by atoms with Crippen LogP contribution >= 0.6 is 11.8 Å². The third-order valence-electron chi connectivity index (χ3n) is 3.36. The maximum atomic E-state index is 5.94. The maximum absolute atomic E-state index is 5.94. The molecule has 0 unspecified atom stereocenters. The largest absolute Gasteiger partial charge is 0.328 e. The summed E-state index contributed by atoms with van der Waals surface area (Å²) in [5.74, 6) is 0. The van der Waals surface area contributed by atoms with E-state index in [1.807, 2.05) is 0 Å². The van der Waals surface area contributed by atoms with Crippen molar-refractivity contribution in [3.63, 3.8) is 0 Å². The molecule has 1 aliphatic carbocycles. The maximum Gasteiger partial charge on any atom is 0.0107 e. The Kier molecular flexibility index (Phi) is 3.93. The normalized spacial score (nSPS) is 25.7. The van der Waals surface area contributed by atoms with Gasteiger partial charge in [-0.05, 0) is 51.2 Å². The number of hydrogen-bond acceptors (Lipinski definition) is 2. The summed E-state index contributed by atoms with van der Waals surface area (Å²) in [6.07, 6.45) is 4.95. The standard InChI is InChI=1S/C14H21NS/c1-10-3-4-11(2)14(9-10)16-13-7-5-12(15)6-8-13/h3-4,9,12-13H,5-8,15H2,1-2H3. The van der Waals surface area contributed by atoms with Crippen molar-refractivity contribution in [1.82, 2.24) is 0 Å². The van der Waals surface area contributed by atoms with Crippen molar-refractivity contribution >= 4 is 11.8 Å². The smallest absolute Gasteiger partial charge is 0.0107 e. The van der Waals surface area contributed by atoms with Crippen LogP contribution in [0.2, 0.25) is 0 Å². The van der Waals surface area contributed by atoms with E-state index in [1.54, 1.807) is 0 Å². The summed E-state index contributed by atoms with van der Waals surface area (Å²) < 4.78 is 0. The number of thioether (sulfide) groups is 1. The zero-order valence-electron chi connectivity index (χ0n) is 10.2. The molecule has 0 aromatic heterocycles. The molecule has 16 heavy (non-hydrogen) atoms. The van der Waals surface area contributed by atoms with E-state index < -0.39 is 0 Å². The lowest BCUT2D eigenvalue weighted by atomic mass is 9.96. The van der Waals surface area contributed by atoms with Crippen molar-refractivity contribution in [1.29, 1.82) is 0 Å². The minimum atomic E-state index is 0.454. The second-order valence-electron chi connectivity index (χ2n) is 4.92. The predicted molar refractivity (Wildman–Crippen MR) is 72.0 cm³/mol. The Hall–Kier alpha value is -0.470. The molecule has 0 aliphatic heterocycles. The average Bonchev–Trinajstić information content (AvgIpc) is 2.27. The van der Waals surface area contributed by atoms with Gasteiger partial charge in [-0.2, -0.15) is 0 Å². The first-order valence-corrected chi connectivity index (χ1v) is 7.02. The molecule has 0 atom stereocenters. The molecule has 1 fully saturated rings. The van der Waals surface area contributed by atoms with Crippen LogP contribution in [0.5, 0.6) is 0 Å². The second kappa shape index (κ2) is 5.24. The lowest BCUT2D eigenvalue weighted by Gasteiger charge is -2.26. The van der Waals surface area contributed by atoms with Gasteiger partial charge in [-0.25, -0.2) is 0 Å². The van der Waals surface area contributed by atoms with Crippen LogP contribution in [0.1, 0.15) is 36.8 Å². The van der Waals surface area contributed by atoms with Crippen LogP contribution in [-0.4, -0.2) is 11.3 Å². The van der Waals surface area contributed by atoms with E-state index in [-0.39, 0.29) is 0 Å². The number of nitrogens with two attached hydrogens (primary N) is 1. The lowest BCUT2D eigenvalue weighted by molar-refractivity contribution is 0.451. The fraction of sp³-hybridized carbons (Fsp3) is 0.571. The molecule has 1 nitrogen and oxygen atoms in total. The van der Waals surface area contributed by atoms with Gasteiger partial charge >= 0.3 is 0 Å². The van der Waals surface area contributed by atoms with Crippen molar-refractivity contribution in [2.45, 2.75) is 55.7 Å². The Labute approximate surface area is 103 Å². The van der Waals surface area contributed by atoms with E-state index in [4.69, 9.17) is 5.73 Å². The summed E-state index contributed by atoms with van der Waals surface area (Å²) in [7, 11) is 0. The Morgan fingerprint density at radius 1 is 1.12 bits per heavy atom. The summed E-state index contributed by atoms with van der Waals surface area (Å²) >= 11 is 2.05. The predicted octanol–water partition coefficient (Wildman–Crippen LogP) is 3.67. The topological polar surface area (TPSA) is 26.0 Å². The van der Waals surface area contributed by atoms with Crippen molar-refractivity contribution in [3.8, 4) is 0 Å². The lowest BCUT2D eigenvalue weighted by Crippen LogP contribution is -2.27. The van der Waals surface area contributed by atoms with Crippen LogP contribution in [0.4, 0.5) is 0 Å². The van der Waals surface area contributed by atoms with Gasteiger partial charge in [0.25, 0.3) is 0 Å². The van der Waals surface area contributed by atoms with Gasteiger partial charge in [-0.3, -0.25) is 0 Å². The number of aryl methyl sites for hydroxylation is 2. The first-order valence-electron chi connectivity index (χ1n) is 6.14. The molecule has 0 saturated heterocycles. The number of benzene rings is 1. The fourth-order valence-corrected chi connectivity index (χ4v) is 3.60. The summed E-state index contributed by atoms with van der Waals surface area (Å²) in [4.78, 5) is 1.46. The Morgan fingerprint density at radius 2 is 1.81 bits per heavy atom. The SMILES string of the molecule is Cc1ccc(C)c(SC2CCC(N)CC2)c1. The molecule has 1 aromatic carbocycles. The Morgan fingerprint density at radius 3 is 2.50 bits per heavy atom. The molecular weight excluding hydrogens is 214 g/mol. The van der Waals surface area contributed by atoms with Gasteiger partial charge in [0.05, 0.1) is 0 Å². The van der Waals surface area contributed by atoms with E-state index >= 15 is 0 Å². The highest BCUT2D eigenvalue weighted by atomic mass is 32.2. The monoisotopic (exact) mass is 235 g/mol. The molecule has 2 N–H and O–H groups in total. The van der Waals surface area contributed by atoms with Crippen LogP contribution in [-0.2, 0) is 0 Å². The molecule has 0 radical (unpaired) electrons. The van der Waals surface area contributed by atoms with Crippen LogP contribution in [0, 0.1) is 13.8 Å². The first-order chi connectivity index (χ1) is 7.65. The van der Waals surface area contributed by atoms with Crippen molar-refractivity contribution in [2.24, 2.45) is 5.73 Å². The Balaban J connectivity index is 2.00. The molecule has 88 valence electrons. The van der Waals surface area contributed by atoms with E-state index in [0.29, 0.717) is 6.04 Å². The first kappa shape index (κ1) is 12.0. The molecule has 0 heterocycles. The van der Waals surface area contributed by atoms with Gasteiger partial charge in [0.15, 0.2) is 0 Å². The molecule has 0 amide bonds. The van der Waals surface area contributed by atoms with E-state index in [1.165, 1.54) is 41.7 Å².